The number of nitrogens with zero attached hydrogens (tertiary/aromatic N) is 2. The number of hydrogen-bond donors (Lipinski definition) is 2. The second-order valence-electron chi connectivity index (χ2n) is 4.14. The molecule has 102 valence electrons. The van der Waals surface area contributed by atoms with Crippen molar-refractivity contribution in [2.24, 2.45) is 0 Å². The van der Waals surface area contributed by atoms with Crippen molar-refractivity contribution < 1.29 is 9.47 Å². The van der Waals surface area contributed by atoms with Crippen LogP contribution in [0.3, 0.4) is 0 Å². The molecule has 0 bridgehead atoms. The molecule has 1 atom stereocenters. The van der Waals surface area contributed by atoms with Crippen molar-refractivity contribution in [3.8, 4) is 11.5 Å². The van der Waals surface area contributed by atoms with E-state index in [9.17, 15) is 0 Å². The maximum Gasteiger partial charge on any atom is 0.138 e. The number of ether oxygens (including phenoxy) is 2. The van der Waals surface area contributed by atoms with Crippen molar-refractivity contribution in [3.05, 3.63) is 35.9 Å². The van der Waals surface area contributed by atoms with Gasteiger partial charge in [0.1, 0.15) is 23.7 Å². The maximum atomic E-state index is 5.39. The molecule has 0 aliphatic heterocycles. The summed E-state index contributed by atoms with van der Waals surface area (Å²) in [6.45, 7) is 2.69. The van der Waals surface area contributed by atoms with E-state index in [1.165, 1.54) is 6.33 Å². The first kappa shape index (κ1) is 13.4. The summed E-state index contributed by atoms with van der Waals surface area (Å²) in [7, 11) is 3.29. The summed E-state index contributed by atoms with van der Waals surface area (Å²) in [4.78, 5) is 4.07. The lowest BCUT2D eigenvalue weighted by molar-refractivity contribution is 0.385. The molecule has 1 aromatic carbocycles. The lowest BCUT2D eigenvalue weighted by Crippen LogP contribution is -2.19. The summed E-state index contributed by atoms with van der Waals surface area (Å²) in [6, 6.07) is 5.92. The average Bonchev–Trinajstić information content (AvgIpc) is 2.97. The summed E-state index contributed by atoms with van der Waals surface area (Å²) in [5, 5.41) is 9.99. The van der Waals surface area contributed by atoms with E-state index in [0.717, 1.165) is 22.9 Å². The lowest BCUT2D eigenvalue weighted by Gasteiger charge is -2.17. The van der Waals surface area contributed by atoms with Crippen LogP contribution in [-0.2, 0) is 6.54 Å². The quantitative estimate of drug-likeness (QED) is 0.828. The Kier molecular flexibility index (Phi) is 4.35. The number of rotatable bonds is 6. The third kappa shape index (κ3) is 3.23. The van der Waals surface area contributed by atoms with E-state index in [2.05, 4.69) is 27.4 Å². The molecule has 2 rings (SSSR count). The molecular formula is C13H18N4O2. The van der Waals surface area contributed by atoms with Gasteiger partial charge in [0.25, 0.3) is 0 Å². The molecule has 1 heterocycles. The zero-order valence-corrected chi connectivity index (χ0v) is 11.3. The molecule has 0 radical (unpaired) electrons. The van der Waals surface area contributed by atoms with E-state index in [-0.39, 0.29) is 6.04 Å². The molecule has 0 saturated heterocycles. The number of hydrogen-bond acceptors (Lipinski definition) is 5. The first-order chi connectivity index (χ1) is 9.24. The highest BCUT2D eigenvalue weighted by atomic mass is 16.5. The van der Waals surface area contributed by atoms with Gasteiger partial charge in [0.2, 0.25) is 0 Å². The molecule has 6 nitrogen and oxygen atoms in total. The molecule has 2 N–H and O–H groups in total. The van der Waals surface area contributed by atoms with Crippen molar-refractivity contribution in [1.82, 2.24) is 20.5 Å². The molecule has 2 aromatic rings. The number of H-pyrrole nitrogens is 1. The zero-order valence-electron chi connectivity index (χ0n) is 11.3. The van der Waals surface area contributed by atoms with Gasteiger partial charge in [-0.25, -0.2) is 4.98 Å². The highest BCUT2D eigenvalue weighted by Gasteiger charge is 2.12. The number of aromatic amines is 1. The molecule has 0 amide bonds. The van der Waals surface area contributed by atoms with Crippen molar-refractivity contribution in [2.45, 2.75) is 19.5 Å². The second-order valence-corrected chi connectivity index (χ2v) is 4.14. The van der Waals surface area contributed by atoms with Crippen LogP contribution < -0.4 is 14.8 Å². The minimum absolute atomic E-state index is 0.131. The van der Waals surface area contributed by atoms with E-state index in [0.29, 0.717) is 6.54 Å². The molecular weight excluding hydrogens is 244 g/mol. The van der Waals surface area contributed by atoms with Gasteiger partial charge in [-0.1, -0.05) is 6.07 Å². The van der Waals surface area contributed by atoms with Crippen LogP contribution in [0.4, 0.5) is 0 Å². The monoisotopic (exact) mass is 262 g/mol. The molecule has 19 heavy (non-hydrogen) atoms. The van der Waals surface area contributed by atoms with Gasteiger partial charge < -0.3 is 14.8 Å². The summed E-state index contributed by atoms with van der Waals surface area (Å²) < 4.78 is 10.6. The predicted octanol–water partition coefficient (Wildman–Crippen LogP) is 1.67. The third-order valence-corrected chi connectivity index (χ3v) is 2.95. The summed E-state index contributed by atoms with van der Waals surface area (Å²) >= 11 is 0. The largest absolute Gasteiger partial charge is 0.497 e. The lowest BCUT2D eigenvalue weighted by atomic mass is 10.1. The Morgan fingerprint density at radius 1 is 1.32 bits per heavy atom. The normalized spacial score (nSPS) is 12.2. The molecule has 0 spiro atoms. The van der Waals surface area contributed by atoms with Gasteiger partial charge in [0, 0.05) is 17.7 Å². The van der Waals surface area contributed by atoms with Crippen molar-refractivity contribution >= 4 is 0 Å². The first-order valence-electron chi connectivity index (χ1n) is 6.04. The van der Waals surface area contributed by atoms with E-state index in [1.54, 1.807) is 14.2 Å². The van der Waals surface area contributed by atoms with Crippen LogP contribution >= 0.6 is 0 Å². The van der Waals surface area contributed by atoms with Crippen LogP contribution in [0.1, 0.15) is 24.4 Å². The fourth-order valence-corrected chi connectivity index (χ4v) is 1.85. The summed E-state index contributed by atoms with van der Waals surface area (Å²) in [6.07, 6.45) is 1.50. The molecule has 0 aliphatic carbocycles. The number of aromatic nitrogens is 3. The number of nitrogens with one attached hydrogen (secondary N) is 2. The molecule has 0 saturated carbocycles. The maximum absolute atomic E-state index is 5.39. The molecule has 6 heteroatoms. The fraction of sp³-hybridized carbons (Fsp3) is 0.385. The molecule has 1 unspecified atom stereocenters. The van der Waals surface area contributed by atoms with E-state index >= 15 is 0 Å². The Morgan fingerprint density at radius 2 is 2.16 bits per heavy atom. The van der Waals surface area contributed by atoms with Gasteiger partial charge in [-0.3, -0.25) is 5.10 Å². The fourth-order valence-electron chi connectivity index (χ4n) is 1.85. The van der Waals surface area contributed by atoms with Crippen LogP contribution in [0.5, 0.6) is 11.5 Å². The highest BCUT2D eigenvalue weighted by molar-refractivity contribution is 5.42. The van der Waals surface area contributed by atoms with Crippen LogP contribution in [-0.4, -0.2) is 29.4 Å². The topological polar surface area (TPSA) is 72.1 Å². The van der Waals surface area contributed by atoms with Gasteiger partial charge in [0.05, 0.1) is 20.8 Å². The molecule has 0 fully saturated rings. The van der Waals surface area contributed by atoms with Crippen LogP contribution in [0.15, 0.2) is 24.5 Å². The molecule has 0 aliphatic rings. The molecule has 1 aromatic heterocycles. The van der Waals surface area contributed by atoms with Crippen molar-refractivity contribution in [1.29, 1.82) is 0 Å². The number of benzene rings is 1. The average molecular weight is 262 g/mol. The van der Waals surface area contributed by atoms with Gasteiger partial charge in [0.15, 0.2) is 0 Å². The zero-order chi connectivity index (χ0) is 13.7. The Morgan fingerprint density at radius 3 is 2.79 bits per heavy atom. The van der Waals surface area contributed by atoms with Crippen LogP contribution in [0.2, 0.25) is 0 Å². The second kappa shape index (κ2) is 6.19. The van der Waals surface area contributed by atoms with Crippen LogP contribution in [0, 0.1) is 0 Å². The third-order valence-electron chi connectivity index (χ3n) is 2.95. The Labute approximate surface area is 112 Å². The van der Waals surface area contributed by atoms with Gasteiger partial charge >= 0.3 is 0 Å². The van der Waals surface area contributed by atoms with Crippen LogP contribution in [0.25, 0.3) is 0 Å². The SMILES string of the molecule is COc1ccc(C(C)NCc2ncn[nH]2)c(OC)c1. The van der Waals surface area contributed by atoms with E-state index < -0.39 is 0 Å². The number of methoxy groups -OCH3 is 2. The summed E-state index contributed by atoms with van der Waals surface area (Å²) in [5.41, 5.74) is 1.07. The van der Waals surface area contributed by atoms with Gasteiger partial charge in [-0.05, 0) is 13.0 Å². The van der Waals surface area contributed by atoms with Crippen molar-refractivity contribution in [2.75, 3.05) is 14.2 Å². The van der Waals surface area contributed by atoms with Gasteiger partial charge in [-0.2, -0.15) is 5.10 Å². The first-order valence-corrected chi connectivity index (χ1v) is 6.04. The minimum Gasteiger partial charge on any atom is -0.497 e. The van der Waals surface area contributed by atoms with E-state index in [1.807, 2.05) is 18.2 Å². The Hall–Kier alpha value is -2.08. The predicted molar refractivity (Wildman–Crippen MR) is 71.2 cm³/mol. The smallest absolute Gasteiger partial charge is 0.138 e. The standard InChI is InChI=1S/C13H18N4O2/c1-9(14-7-13-15-8-16-17-13)11-5-4-10(18-2)6-12(11)19-3/h4-6,8-9,14H,7H2,1-3H3,(H,15,16,17). The Bertz CT molecular complexity index is 513. The Balaban J connectivity index is 2.07. The highest BCUT2D eigenvalue weighted by Crippen LogP contribution is 2.29. The van der Waals surface area contributed by atoms with E-state index in [4.69, 9.17) is 9.47 Å². The van der Waals surface area contributed by atoms with Crippen molar-refractivity contribution in [3.63, 3.8) is 0 Å². The summed E-state index contributed by atoms with van der Waals surface area (Å²) in [5.74, 6) is 2.39. The van der Waals surface area contributed by atoms with Gasteiger partial charge in [-0.15, -0.1) is 0 Å². The minimum atomic E-state index is 0.131.